The van der Waals surface area contributed by atoms with Crippen LogP contribution in [-0.4, -0.2) is 16.5 Å². The lowest BCUT2D eigenvalue weighted by molar-refractivity contribution is 0.496. The molecule has 0 aliphatic carbocycles. The Balaban J connectivity index is 2.28. The molecule has 0 spiro atoms. The van der Waals surface area contributed by atoms with Gasteiger partial charge in [-0.3, -0.25) is 9.78 Å². The average molecular weight is 294 g/mol. The summed E-state index contributed by atoms with van der Waals surface area (Å²) >= 11 is 0. The Bertz CT molecular complexity index is 774. The second kappa shape index (κ2) is 6.12. The molecule has 0 bridgehead atoms. The highest BCUT2D eigenvalue weighted by Gasteiger charge is 2.26. The van der Waals surface area contributed by atoms with E-state index in [9.17, 15) is 10.1 Å². The van der Waals surface area contributed by atoms with Crippen molar-refractivity contribution in [2.24, 2.45) is 0 Å². The monoisotopic (exact) mass is 294 g/mol. The fourth-order valence-corrected chi connectivity index (χ4v) is 3.20. The quantitative estimate of drug-likeness (QED) is 0.910. The topological polar surface area (TPSA) is 81.6 Å². The van der Waals surface area contributed by atoms with Crippen molar-refractivity contribution >= 4 is 0 Å². The van der Waals surface area contributed by atoms with E-state index in [-0.39, 0.29) is 17.0 Å². The summed E-state index contributed by atoms with van der Waals surface area (Å²) < 4.78 is 0. The highest BCUT2D eigenvalue weighted by atomic mass is 16.1. The first-order valence-electron chi connectivity index (χ1n) is 7.56. The molecule has 112 valence electrons. The van der Waals surface area contributed by atoms with E-state index in [1.807, 2.05) is 12.1 Å². The van der Waals surface area contributed by atoms with Gasteiger partial charge in [-0.1, -0.05) is 13.3 Å². The SMILES string of the molecule is CCCC1CNCc2c1[nH]c(=O)c(C#N)c2-c1ccncc1. The van der Waals surface area contributed by atoms with Crippen LogP contribution in [0.4, 0.5) is 0 Å². The van der Waals surface area contributed by atoms with Crippen LogP contribution >= 0.6 is 0 Å². The zero-order chi connectivity index (χ0) is 15.5. The average Bonchev–Trinajstić information content (AvgIpc) is 2.55. The van der Waals surface area contributed by atoms with Crippen molar-refractivity contribution in [3.63, 3.8) is 0 Å². The number of nitrogens with one attached hydrogen (secondary N) is 2. The molecule has 0 aromatic carbocycles. The van der Waals surface area contributed by atoms with Crippen LogP contribution < -0.4 is 10.9 Å². The van der Waals surface area contributed by atoms with Gasteiger partial charge in [0.25, 0.3) is 5.56 Å². The molecule has 3 heterocycles. The molecule has 1 aliphatic rings. The summed E-state index contributed by atoms with van der Waals surface area (Å²) in [6.07, 6.45) is 5.43. The zero-order valence-electron chi connectivity index (χ0n) is 12.5. The summed E-state index contributed by atoms with van der Waals surface area (Å²) in [4.78, 5) is 19.3. The minimum atomic E-state index is -0.295. The lowest BCUT2D eigenvalue weighted by Crippen LogP contribution is -2.32. The van der Waals surface area contributed by atoms with E-state index in [4.69, 9.17) is 0 Å². The molecule has 1 unspecified atom stereocenters. The van der Waals surface area contributed by atoms with Crippen LogP contribution in [0.5, 0.6) is 0 Å². The Hall–Kier alpha value is -2.45. The summed E-state index contributed by atoms with van der Waals surface area (Å²) in [6, 6.07) is 5.76. The van der Waals surface area contributed by atoms with Gasteiger partial charge in [0.15, 0.2) is 0 Å². The molecule has 5 heteroatoms. The molecule has 0 fully saturated rings. The zero-order valence-corrected chi connectivity index (χ0v) is 12.5. The molecule has 0 saturated heterocycles. The standard InChI is InChI=1S/C17H18N4O/c1-2-3-12-9-20-10-14-15(11-4-6-19-7-5-11)13(8-18)17(22)21-16(12)14/h4-7,12,20H,2-3,9-10H2,1H3,(H,21,22). The van der Waals surface area contributed by atoms with Crippen molar-refractivity contribution < 1.29 is 0 Å². The maximum absolute atomic E-state index is 12.4. The second-order valence-electron chi connectivity index (χ2n) is 5.56. The van der Waals surface area contributed by atoms with Crippen LogP contribution in [0.1, 0.15) is 42.5 Å². The highest BCUT2D eigenvalue weighted by molar-refractivity contribution is 5.74. The van der Waals surface area contributed by atoms with E-state index >= 15 is 0 Å². The number of rotatable bonds is 3. The molecule has 2 aromatic heterocycles. The Morgan fingerprint density at radius 2 is 2.18 bits per heavy atom. The number of H-pyrrole nitrogens is 1. The summed E-state index contributed by atoms with van der Waals surface area (Å²) in [6.45, 7) is 3.66. The molecule has 2 aromatic rings. The van der Waals surface area contributed by atoms with E-state index in [1.165, 1.54) is 0 Å². The van der Waals surface area contributed by atoms with Gasteiger partial charge in [-0.15, -0.1) is 0 Å². The summed E-state index contributed by atoms with van der Waals surface area (Å²) in [5.74, 6) is 0.287. The van der Waals surface area contributed by atoms with Crippen LogP contribution in [0.15, 0.2) is 29.3 Å². The summed E-state index contributed by atoms with van der Waals surface area (Å²) in [5, 5.41) is 12.8. The van der Waals surface area contributed by atoms with Crippen LogP contribution in [0, 0.1) is 11.3 Å². The van der Waals surface area contributed by atoms with E-state index < -0.39 is 0 Å². The van der Waals surface area contributed by atoms with Crippen molar-refractivity contribution in [1.29, 1.82) is 5.26 Å². The molecule has 0 radical (unpaired) electrons. The van der Waals surface area contributed by atoms with E-state index in [1.54, 1.807) is 12.4 Å². The van der Waals surface area contributed by atoms with Crippen molar-refractivity contribution in [3.8, 4) is 17.2 Å². The van der Waals surface area contributed by atoms with Crippen LogP contribution in [0.2, 0.25) is 0 Å². The van der Waals surface area contributed by atoms with Crippen molar-refractivity contribution in [3.05, 3.63) is 51.7 Å². The maximum Gasteiger partial charge on any atom is 0.266 e. The highest BCUT2D eigenvalue weighted by Crippen LogP contribution is 2.33. The first-order valence-corrected chi connectivity index (χ1v) is 7.56. The van der Waals surface area contributed by atoms with E-state index in [2.05, 4.69) is 28.3 Å². The predicted molar refractivity (Wildman–Crippen MR) is 84.4 cm³/mol. The van der Waals surface area contributed by atoms with Crippen molar-refractivity contribution in [2.75, 3.05) is 6.54 Å². The third kappa shape index (κ3) is 2.42. The Kier molecular flexibility index (Phi) is 4.03. The lowest BCUT2D eigenvalue weighted by Gasteiger charge is -2.28. The van der Waals surface area contributed by atoms with Crippen LogP contribution in [0.25, 0.3) is 11.1 Å². The minimum absolute atomic E-state index is 0.184. The van der Waals surface area contributed by atoms with Gasteiger partial charge >= 0.3 is 0 Å². The number of nitriles is 1. The Labute approximate surface area is 129 Å². The molecular formula is C17H18N4O. The third-order valence-corrected chi connectivity index (χ3v) is 4.17. The van der Waals surface area contributed by atoms with Crippen molar-refractivity contribution in [2.45, 2.75) is 32.2 Å². The number of nitrogens with zero attached hydrogens (tertiary/aromatic N) is 2. The molecular weight excluding hydrogens is 276 g/mol. The summed E-state index contributed by atoms with van der Waals surface area (Å²) in [7, 11) is 0. The van der Waals surface area contributed by atoms with Gasteiger partial charge in [0, 0.05) is 42.7 Å². The molecule has 2 N–H and O–H groups in total. The first kappa shape index (κ1) is 14.5. The number of hydrogen-bond acceptors (Lipinski definition) is 4. The van der Waals surface area contributed by atoms with Gasteiger partial charge in [0.1, 0.15) is 11.6 Å². The Morgan fingerprint density at radius 1 is 1.41 bits per heavy atom. The second-order valence-corrected chi connectivity index (χ2v) is 5.56. The number of aromatic amines is 1. The number of fused-ring (bicyclic) bond motifs is 1. The minimum Gasteiger partial charge on any atom is -0.324 e. The molecule has 3 rings (SSSR count). The fraction of sp³-hybridized carbons (Fsp3) is 0.353. The van der Waals surface area contributed by atoms with Crippen LogP contribution in [-0.2, 0) is 6.54 Å². The molecule has 0 amide bonds. The van der Waals surface area contributed by atoms with Crippen LogP contribution in [0.3, 0.4) is 0 Å². The molecule has 1 aliphatic heterocycles. The van der Waals surface area contributed by atoms with Gasteiger partial charge < -0.3 is 10.3 Å². The Morgan fingerprint density at radius 3 is 2.86 bits per heavy atom. The van der Waals surface area contributed by atoms with E-state index in [0.717, 1.165) is 41.8 Å². The van der Waals surface area contributed by atoms with Gasteiger partial charge in [0.2, 0.25) is 0 Å². The molecule has 22 heavy (non-hydrogen) atoms. The predicted octanol–water partition coefficient (Wildman–Crippen LogP) is 2.30. The van der Waals surface area contributed by atoms with Gasteiger partial charge in [0.05, 0.1) is 0 Å². The summed E-state index contributed by atoms with van der Waals surface area (Å²) in [5.41, 5.74) is 3.52. The molecule has 5 nitrogen and oxygen atoms in total. The molecule has 0 saturated carbocycles. The smallest absolute Gasteiger partial charge is 0.266 e. The maximum atomic E-state index is 12.4. The van der Waals surface area contributed by atoms with Gasteiger partial charge in [-0.2, -0.15) is 5.26 Å². The number of pyridine rings is 2. The number of hydrogen-bond donors (Lipinski definition) is 2. The van der Waals surface area contributed by atoms with Crippen molar-refractivity contribution in [1.82, 2.24) is 15.3 Å². The van der Waals surface area contributed by atoms with E-state index in [0.29, 0.717) is 6.54 Å². The lowest BCUT2D eigenvalue weighted by atomic mass is 9.86. The number of aromatic nitrogens is 2. The van der Waals surface area contributed by atoms with Gasteiger partial charge in [-0.25, -0.2) is 0 Å². The normalized spacial score (nSPS) is 16.8. The molecule has 1 atom stereocenters. The largest absolute Gasteiger partial charge is 0.324 e. The third-order valence-electron chi connectivity index (χ3n) is 4.17. The first-order chi connectivity index (χ1) is 10.8. The fourth-order valence-electron chi connectivity index (χ4n) is 3.20. The van der Waals surface area contributed by atoms with Gasteiger partial charge in [-0.05, 0) is 29.7 Å².